The van der Waals surface area contributed by atoms with Gasteiger partial charge in [-0.15, -0.1) is 0 Å². The molecule has 0 heterocycles. The molecule has 4 aromatic rings. The summed E-state index contributed by atoms with van der Waals surface area (Å²) in [5.41, 5.74) is -8.67. The van der Waals surface area contributed by atoms with Gasteiger partial charge in [0.25, 0.3) is 11.4 Å². The molecule has 4 rings (SSSR count). The zero-order valence-corrected chi connectivity index (χ0v) is 22.2. The molecule has 0 radical (unpaired) electrons. The maximum absolute atomic E-state index is 14.5. The van der Waals surface area contributed by atoms with Crippen molar-refractivity contribution < 1.29 is 55.3 Å². The normalized spacial score (nSPS) is 11.9. The smallest absolute Gasteiger partial charge is 0.411 e. The topological polar surface area (TPSA) is 139 Å². The van der Waals surface area contributed by atoms with Crippen LogP contribution in [0.25, 0.3) is 0 Å². The molecule has 0 spiro atoms. The van der Waals surface area contributed by atoms with E-state index in [9.17, 15) is 56.2 Å². The molecule has 0 saturated heterocycles. The number of non-ortho nitro benzene ring substituents is 2. The number of nitrogens with zero attached hydrogens (tertiary/aromatic N) is 2. The van der Waals surface area contributed by atoms with Crippen molar-refractivity contribution in [3.63, 3.8) is 0 Å². The first-order valence-corrected chi connectivity index (χ1v) is 12.3. The van der Waals surface area contributed by atoms with Crippen LogP contribution in [0.2, 0.25) is 0 Å². The van der Waals surface area contributed by atoms with Crippen molar-refractivity contribution in [2.75, 3.05) is 0 Å². The minimum absolute atomic E-state index is 0.292. The third kappa shape index (κ3) is 6.43. The third-order valence-electron chi connectivity index (χ3n) is 6.43. The molecule has 0 bridgehead atoms. The first kappa shape index (κ1) is 32.1. The van der Waals surface area contributed by atoms with Crippen molar-refractivity contribution in [1.29, 1.82) is 0 Å². The molecule has 0 aliphatic heterocycles. The molecule has 0 atom stereocenters. The van der Waals surface area contributed by atoms with Crippen LogP contribution in [-0.4, -0.2) is 34.1 Å². The Morgan fingerprint density at radius 1 is 0.556 bits per heavy atom. The number of benzene rings is 4. The van der Waals surface area contributed by atoms with Crippen LogP contribution in [0.3, 0.4) is 0 Å². The first-order valence-electron chi connectivity index (χ1n) is 12.3. The summed E-state index contributed by atoms with van der Waals surface area (Å²) in [6, 6.07) is 13.3. The van der Waals surface area contributed by atoms with Crippen molar-refractivity contribution in [2.24, 2.45) is 0 Å². The summed E-state index contributed by atoms with van der Waals surface area (Å²) in [7, 11) is 0. The Morgan fingerprint density at radius 2 is 0.889 bits per heavy atom. The Labute approximate surface area is 247 Å². The summed E-state index contributed by atoms with van der Waals surface area (Å²) in [4.78, 5) is 45.1. The molecule has 45 heavy (non-hydrogen) atoms. The number of hydrogen-bond donors (Lipinski definition) is 0. The van der Waals surface area contributed by atoms with E-state index in [0.717, 1.165) is 36.4 Å². The third-order valence-corrected chi connectivity index (χ3v) is 6.43. The van der Waals surface area contributed by atoms with Crippen LogP contribution in [0.1, 0.15) is 31.8 Å². The van der Waals surface area contributed by atoms with Crippen molar-refractivity contribution in [2.45, 2.75) is 17.8 Å². The molecule has 0 saturated carbocycles. The number of carbonyl (C=O) groups is 2. The van der Waals surface area contributed by atoms with Gasteiger partial charge in [-0.05, 0) is 47.5 Å². The molecule has 0 N–H and O–H groups in total. The molecule has 4 aromatic carbocycles. The molecule has 0 fully saturated rings. The number of alkyl halides is 6. The average Bonchev–Trinajstić information content (AvgIpc) is 2.97. The summed E-state index contributed by atoms with van der Waals surface area (Å²) in [6.45, 7) is 0. The highest BCUT2D eigenvalue weighted by Crippen LogP contribution is 2.56. The fourth-order valence-corrected chi connectivity index (χ4v) is 4.35. The molecule has 0 aliphatic carbocycles. The van der Waals surface area contributed by atoms with Gasteiger partial charge in [-0.3, -0.25) is 20.2 Å². The fourth-order valence-electron chi connectivity index (χ4n) is 4.35. The van der Waals surface area contributed by atoms with Crippen molar-refractivity contribution >= 4 is 23.3 Å². The maximum Gasteiger partial charge on any atom is 0.411 e. The number of carbonyl (C=O) groups excluding carboxylic acids is 2. The van der Waals surface area contributed by atoms with Crippen LogP contribution in [0.5, 0.6) is 11.5 Å². The van der Waals surface area contributed by atoms with Crippen LogP contribution >= 0.6 is 0 Å². The fraction of sp³-hybridized carbons (Fsp3) is 0.103. The quantitative estimate of drug-likeness (QED) is 0.0645. The molecule has 0 aliphatic rings. The van der Waals surface area contributed by atoms with Crippen LogP contribution in [0.15, 0.2) is 97.1 Å². The Kier molecular flexibility index (Phi) is 8.61. The zero-order valence-electron chi connectivity index (χ0n) is 22.2. The highest BCUT2D eigenvalue weighted by atomic mass is 19.4. The predicted molar refractivity (Wildman–Crippen MR) is 142 cm³/mol. The van der Waals surface area contributed by atoms with Crippen molar-refractivity contribution in [3.05, 3.63) is 140 Å². The SMILES string of the molecule is O=C(Oc1ccc(C(c2ccc(OC(=O)c3cccc([N+](=O)[O-])c3)cc2)(C(F)(F)F)C(F)(F)F)cc1)c1cccc([N+](=O)[O-])c1. The summed E-state index contributed by atoms with van der Waals surface area (Å²) in [6.07, 6.45) is -11.9. The summed E-state index contributed by atoms with van der Waals surface area (Å²) >= 11 is 0. The molecule has 232 valence electrons. The Morgan fingerprint density at radius 3 is 1.18 bits per heavy atom. The second kappa shape index (κ2) is 12.1. The van der Waals surface area contributed by atoms with Gasteiger partial charge in [0, 0.05) is 24.3 Å². The lowest BCUT2D eigenvalue weighted by atomic mass is 9.73. The van der Waals surface area contributed by atoms with Crippen LogP contribution < -0.4 is 9.47 Å². The van der Waals surface area contributed by atoms with Gasteiger partial charge in [0.2, 0.25) is 5.41 Å². The van der Waals surface area contributed by atoms with Gasteiger partial charge >= 0.3 is 24.3 Å². The van der Waals surface area contributed by atoms with E-state index in [1.54, 1.807) is 0 Å². The molecule has 0 amide bonds. The van der Waals surface area contributed by atoms with Gasteiger partial charge in [0.05, 0.1) is 21.0 Å². The van der Waals surface area contributed by atoms with E-state index in [0.29, 0.717) is 48.5 Å². The number of nitro benzene ring substituents is 2. The molecule has 10 nitrogen and oxygen atoms in total. The van der Waals surface area contributed by atoms with E-state index < -0.39 is 73.6 Å². The van der Waals surface area contributed by atoms with E-state index in [2.05, 4.69) is 0 Å². The number of ether oxygens (including phenoxy) is 2. The number of nitro groups is 2. The predicted octanol–water partition coefficient (Wildman–Crippen LogP) is 7.35. The summed E-state index contributed by atoms with van der Waals surface area (Å²) in [5.74, 6) is -3.20. The Bertz CT molecular complexity index is 1640. The highest BCUT2D eigenvalue weighted by molar-refractivity contribution is 5.92. The molecule has 0 unspecified atom stereocenters. The van der Waals surface area contributed by atoms with E-state index >= 15 is 0 Å². The minimum atomic E-state index is -5.96. The highest BCUT2D eigenvalue weighted by Gasteiger charge is 2.72. The first-order chi connectivity index (χ1) is 21.0. The largest absolute Gasteiger partial charge is 0.423 e. The van der Waals surface area contributed by atoms with E-state index in [-0.39, 0.29) is 11.1 Å². The lowest BCUT2D eigenvalue weighted by Gasteiger charge is -2.38. The van der Waals surface area contributed by atoms with Gasteiger partial charge in [-0.2, -0.15) is 26.3 Å². The van der Waals surface area contributed by atoms with Crippen LogP contribution in [0, 0.1) is 20.2 Å². The number of halogens is 6. The second-order valence-electron chi connectivity index (χ2n) is 9.19. The zero-order chi connectivity index (χ0) is 33.2. The van der Waals surface area contributed by atoms with Gasteiger partial charge in [0.1, 0.15) is 11.5 Å². The standard InChI is InChI=1S/C29H16F6N2O8/c30-28(31,32)27(29(33,34)35,19-7-11-23(12-8-19)44-25(38)17-3-1-5-21(15-17)36(40)41)20-9-13-24(14-10-20)45-26(39)18-4-2-6-22(16-18)37(42)43/h1-16H. The number of esters is 2. The molecular formula is C29H16F6N2O8. The Balaban J connectivity index is 1.65. The maximum atomic E-state index is 14.5. The average molecular weight is 634 g/mol. The summed E-state index contributed by atoms with van der Waals surface area (Å²) in [5, 5.41) is 21.9. The van der Waals surface area contributed by atoms with Crippen molar-refractivity contribution in [1.82, 2.24) is 0 Å². The van der Waals surface area contributed by atoms with Gasteiger partial charge in [-0.1, -0.05) is 36.4 Å². The lowest BCUT2D eigenvalue weighted by molar-refractivity contribution is -0.385. The molecule has 16 heteroatoms. The van der Waals surface area contributed by atoms with Crippen LogP contribution in [-0.2, 0) is 5.41 Å². The number of hydrogen-bond acceptors (Lipinski definition) is 8. The van der Waals surface area contributed by atoms with Crippen LogP contribution in [0.4, 0.5) is 37.7 Å². The van der Waals surface area contributed by atoms with Gasteiger partial charge in [0.15, 0.2) is 0 Å². The summed E-state index contributed by atoms with van der Waals surface area (Å²) < 4.78 is 97.0. The van der Waals surface area contributed by atoms with Gasteiger partial charge < -0.3 is 9.47 Å². The lowest BCUT2D eigenvalue weighted by Crippen LogP contribution is -2.54. The molecular weight excluding hydrogens is 618 g/mol. The van der Waals surface area contributed by atoms with E-state index in [1.807, 2.05) is 0 Å². The van der Waals surface area contributed by atoms with Crippen molar-refractivity contribution in [3.8, 4) is 11.5 Å². The van der Waals surface area contributed by atoms with E-state index in [4.69, 9.17) is 9.47 Å². The molecule has 0 aromatic heterocycles. The minimum Gasteiger partial charge on any atom is -0.423 e. The monoisotopic (exact) mass is 634 g/mol. The van der Waals surface area contributed by atoms with Gasteiger partial charge in [-0.25, -0.2) is 9.59 Å². The number of rotatable bonds is 8. The van der Waals surface area contributed by atoms with E-state index in [1.165, 1.54) is 12.1 Å². The second-order valence-corrected chi connectivity index (χ2v) is 9.19. The Hall–Kier alpha value is -5.80.